The van der Waals surface area contributed by atoms with Crippen LogP contribution in [0.1, 0.15) is 18.7 Å². The van der Waals surface area contributed by atoms with Crippen LogP contribution < -0.4 is 10.9 Å². The number of aromatic amines is 1. The van der Waals surface area contributed by atoms with Crippen LogP contribution in [-0.4, -0.2) is 19.5 Å². The van der Waals surface area contributed by atoms with Gasteiger partial charge in [-0.1, -0.05) is 35.9 Å². The van der Waals surface area contributed by atoms with Crippen molar-refractivity contribution in [2.75, 3.05) is 5.32 Å². The van der Waals surface area contributed by atoms with Gasteiger partial charge in [-0.2, -0.15) is 0 Å². The number of hydrogen-bond donors (Lipinski definition) is 2. The van der Waals surface area contributed by atoms with E-state index in [2.05, 4.69) is 20.3 Å². The lowest BCUT2D eigenvalue weighted by molar-refractivity contribution is 0.629. The Morgan fingerprint density at radius 1 is 1.13 bits per heavy atom. The van der Waals surface area contributed by atoms with E-state index in [-0.39, 0.29) is 22.0 Å². The summed E-state index contributed by atoms with van der Waals surface area (Å²) in [4.78, 5) is 25.3. The first-order chi connectivity index (χ1) is 15.0. The average Bonchev–Trinajstić information content (AvgIpc) is 3.26. The Morgan fingerprint density at radius 2 is 1.94 bits per heavy atom. The van der Waals surface area contributed by atoms with Crippen molar-refractivity contribution in [2.24, 2.45) is 0 Å². The van der Waals surface area contributed by atoms with Gasteiger partial charge >= 0.3 is 0 Å². The molecule has 0 saturated heterocycles. The molecule has 8 heteroatoms. The van der Waals surface area contributed by atoms with E-state index in [1.165, 1.54) is 6.07 Å². The Morgan fingerprint density at radius 3 is 2.74 bits per heavy atom. The van der Waals surface area contributed by atoms with E-state index in [1.807, 2.05) is 49.4 Å². The van der Waals surface area contributed by atoms with E-state index < -0.39 is 5.82 Å². The SMILES string of the molecule is C[C@H](Nc1nccc2[nH]cnc12)c1cc2ccc(F)c(Cl)c2c(=O)n1-c1ccccc1. The minimum Gasteiger partial charge on any atom is -0.360 e. The Hall–Kier alpha value is -3.71. The molecule has 0 spiro atoms. The third kappa shape index (κ3) is 3.23. The molecule has 0 saturated carbocycles. The van der Waals surface area contributed by atoms with Crippen LogP contribution in [0.4, 0.5) is 10.2 Å². The molecule has 2 N–H and O–H groups in total. The molecule has 0 aliphatic heterocycles. The van der Waals surface area contributed by atoms with E-state index >= 15 is 0 Å². The summed E-state index contributed by atoms with van der Waals surface area (Å²) in [5, 5.41) is 3.89. The number of benzene rings is 2. The number of imidazole rings is 1. The summed E-state index contributed by atoms with van der Waals surface area (Å²) in [6.07, 6.45) is 3.29. The molecule has 1 atom stereocenters. The van der Waals surface area contributed by atoms with Crippen LogP contribution in [-0.2, 0) is 0 Å². The normalized spacial score (nSPS) is 12.4. The second kappa shape index (κ2) is 7.52. The van der Waals surface area contributed by atoms with Crippen molar-refractivity contribution in [3.05, 3.63) is 94.0 Å². The lowest BCUT2D eigenvalue weighted by Gasteiger charge is -2.21. The maximum absolute atomic E-state index is 14.1. The number of pyridine rings is 2. The number of hydrogen-bond acceptors (Lipinski definition) is 4. The van der Waals surface area contributed by atoms with Gasteiger partial charge in [-0.05, 0) is 42.6 Å². The Kier molecular flexibility index (Phi) is 4.67. The van der Waals surface area contributed by atoms with Crippen molar-refractivity contribution in [1.29, 1.82) is 0 Å². The Labute approximate surface area is 181 Å². The number of H-pyrrole nitrogens is 1. The lowest BCUT2D eigenvalue weighted by atomic mass is 10.1. The van der Waals surface area contributed by atoms with Crippen molar-refractivity contribution in [3.63, 3.8) is 0 Å². The van der Waals surface area contributed by atoms with Crippen molar-refractivity contribution in [1.82, 2.24) is 19.5 Å². The summed E-state index contributed by atoms with van der Waals surface area (Å²) >= 11 is 6.18. The predicted octanol–water partition coefficient (Wildman–Crippen LogP) is 5.23. The molecule has 5 rings (SSSR count). The van der Waals surface area contributed by atoms with Crippen LogP contribution in [0.25, 0.3) is 27.5 Å². The summed E-state index contributed by atoms with van der Waals surface area (Å²) in [5.41, 5.74) is 2.51. The van der Waals surface area contributed by atoms with E-state index in [0.717, 1.165) is 5.52 Å². The van der Waals surface area contributed by atoms with E-state index in [9.17, 15) is 9.18 Å². The number of para-hydroxylation sites is 1. The van der Waals surface area contributed by atoms with Gasteiger partial charge in [0, 0.05) is 17.6 Å². The molecule has 31 heavy (non-hydrogen) atoms. The van der Waals surface area contributed by atoms with Crippen molar-refractivity contribution >= 4 is 39.2 Å². The van der Waals surface area contributed by atoms with Crippen LogP contribution in [0.3, 0.4) is 0 Å². The zero-order valence-electron chi connectivity index (χ0n) is 16.4. The maximum atomic E-state index is 14.1. The van der Waals surface area contributed by atoms with Crippen LogP contribution in [0, 0.1) is 5.82 Å². The number of fused-ring (bicyclic) bond motifs is 2. The highest BCUT2D eigenvalue weighted by atomic mass is 35.5. The molecule has 3 aromatic heterocycles. The van der Waals surface area contributed by atoms with Gasteiger partial charge < -0.3 is 10.3 Å². The molecule has 0 bridgehead atoms. The second-order valence-corrected chi connectivity index (χ2v) is 7.57. The third-order valence-corrected chi connectivity index (χ3v) is 5.62. The first-order valence-corrected chi connectivity index (χ1v) is 10.1. The molecule has 2 aromatic carbocycles. The molecule has 0 aliphatic rings. The summed E-state index contributed by atoms with van der Waals surface area (Å²) in [5.74, 6) is -0.0326. The van der Waals surface area contributed by atoms with E-state index in [0.29, 0.717) is 28.1 Å². The molecule has 6 nitrogen and oxygen atoms in total. The predicted molar refractivity (Wildman–Crippen MR) is 120 cm³/mol. The van der Waals surface area contributed by atoms with Crippen molar-refractivity contribution in [2.45, 2.75) is 13.0 Å². The standard InChI is InChI=1S/C23H17ClFN5O/c1-13(29-22-21-17(9-10-26-22)27-12-28-21)18-11-14-7-8-16(25)20(24)19(14)23(31)30(18)15-5-3-2-4-6-15/h2-13H,1H3,(H,26,29)(H,27,28)/t13-/m0/s1. The molecule has 154 valence electrons. The molecule has 3 heterocycles. The van der Waals surface area contributed by atoms with Crippen molar-refractivity contribution < 1.29 is 4.39 Å². The highest BCUT2D eigenvalue weighted by Crippen LogP contribution is 2.29. The summed E-state index contributed by atoms with van der Waals surface area (Å²) in [7, 11) is 0. The minimum absolute atomic E-state index is 0.147. The van der Waals surface area contributed by atoms with Crippen LogP contribution in [0.15, 0.2) is 71.9 Å². The smallest absolute Gasteiger partial charge is 0.264 e. The van der Waals surface area contributed by atoms with Crippen LogP contribution in [0.5, 0.6) is 0 Å². The van der Waals surface area contributed by atoms with Gasteiger partial charge in [-0.25, -0.2) is 14.4 Å². The number of aromatic nitrogens is 4. The fourth-order valence-corrected chi connectivity index (χ4v) is 4.02. The number of nitrogens with zero attached hydrogens (tertiary/aromatic N) is 3. The van der Waals surface area contributed by atoms with Crippen LogP contribution >= 0.6 is 11.6 Å². The zero-order valence-corrected chi connectivity index (χ0v) is 17.2. The molecule has 0 unspecified atom stereocenters. The first-order valence-electron chi connectivity index (χ1n) is 9.68. The average molecular weight is 434 g/mol. The number of anilines is 1. The molecular weight excluding hydrogens is 417 g/mol. The van der Waals surface area contributed by atoms with Gasteiger partial charge in [0.15, 0.2) is 5.82 Å². The summed E-state index contributed by atoms with van der Waals surface area (Å²) < 4.78 is 15.7. The number of nitrogens with one attached hydrogen (secondary N) is 2. The van der Waals surface area contributed by atoms with Gasteiger partial charge in [0.05, 0.1) is 28.3 Å². The third-order valence-electron chi connectivity index (χ3n) is 5.25. The topological polar surface area (TPSA) is 75.6 Å². The van der Waals surface area contributed by atoms with Gasteiger partial charge in [0.2, 0.25) is 0 Å². The molecule has 0 amide bonds. The Balaban J connectivity index is 1.73. The largest absolute Gasteiger partial charge is 0.360 e. The van der Waals surface area contributed by atoms with Gasteiger partial charge in [0.1, 0.15) is 11.3 Å². The summed E-state index contributed by atoms with van der Waals surface area (Å²) in [6.45, 7) is 1.93. The fourth-order valence-electron chi connectivity index (χ4n) is 3.77. The molecular formula is C23H17ClFN5O. The van der Waals surface area contributed by atoms with E-state index in [4.69, 9.17) is 11.6 Å². The highest BCUT2D eigenvalue weighted by Gasteiger charge is 2.20. The molecule has 0 radical (unpaired) electrons. The monoisotopic (exact) mass is 433 g/mol. The first kappa shape index (κ1) is 19.3. The maximum Gasteiger partial charge on any atom is 0.264 e. The quantitative estimate of drug-likeness (QED) is 0.407. The minimum atomic E-state index is -0.626. The molecule has 0 aliphatic carbocycles. The van der Waals surface area contributed by atoms with Crippen LogP contribution in [0.2, 0.25) is 5.02 Å². The van der Waals surface area contributed by atoms with E-state index in [1.54, 1.807) is 23.2 Å². The van der Waals surface area contributed by atoms with Gasteiger partial charge in [0.25, 0.3) is 5.56 Å². The number of rotatable bonds is 4. The van der Waals surface area contributed by atoms with Crippen molar-refractivity contribution in [3.8, 4) is 5.69 Å². The Bertz CT molecular complexity index is 1480. The summed E-state index contributed by atoms with van der Waals surface area (Å²) in [6, 6.07) is 15.4. The van der Waals surface area contributed by atoms with Gasteiger partial charge in [-0.15, -0.1) is 0 Å². The molecule has 0 fully saturated rings. The second-order valence-electron chi connectivity index (χ2n) is 7.20. The zero-order chi connectivity index (χ0) is 21.5. The molecule has 5 aromatic rings. The highest BCUT2D eigenvalue weighted by molar-refractivity contribution is 6.35. The lowest BCUT2D eigenvalue weighted by Crippen LogP contribution is -2.26. The van der Waals surface area contributed by atoms with Gasteiger partial charge in [-0.3, -0.25) is 9.36 Å². The number of halogens is 2. The fraction of sp³-hybridized carbons (Fsp3) is 0.0870.